The van der Waals surface area contributed by atoms with Gasteiger partial charge in [-0.3, -0.25) is 4.79 Å². The molecule has 1 heterocycles. The van der Waals surface area contributed by atoms with Crippen LogP contribution in [0.4, 0.5) is 0 Å². The zero-order valence-corrected chi connectivity index (χ0v) is 42.0. The van der Waals surface area contributed by atoms with Crippen molar-refractivity contribution in [2.24, 2.45) is 0 Å². The molecule has 1 fully saturated rings. The molecule has 1 amide bonds. The Kier molecular flexibility index (Phi) is 43.2. The molecule has 1 saturated heterocycles. The molecule has 0 saturated carbocycles. The average molecular weight is 918 g/mol. The number of carbonyl (C=O) groups is 1. The van der Waals surface area contributed by atoms with Crippen LogP contribution in [0.2, 0.25) is 0 Å². The van der Waals surface area contributed by atoms with Gasteiger partial charge < -0.3 is 40.3 Å². The van der Waals surface area contributed by atoms with E-state index in [2.05, 4.69) is 55.6 Å². The smallest absolute Gasteiger partial charge is 0.220 e. The first-order valence-electron chi connectivity index (χ1n) is 27.4. The summed E-state index contributed by atoms with van der Waals surface area (Å²) in [5.74, 6) is -0.187. The number of aliphatic hydroxyl groups is 5. The number of rotatable bonds is 46. The third-order valence-corrected chi connectivity index (χ3v) is 12.9. The zero-order chi connectivity index (χ0) is 47.3. The molecule has 7 atom stereocenters. The number of hydrogen-bond donors (Lipinski definition) is 6. The van der Waals surface area contributed by atoms with Crippen LogP contribution >= 0.6 is 0 Å². The molecule has 9 heteroatoms. The number of allylic oxidation sites excluding steroid dienone is 7. The lowest BCUT2D eigenvalue weighted by molar-refractivity contribution is -0.302. The Morgan fingerprint density at radius 3 is 1.38 bits per heavy atom. The summed E-state index contributed by atoms with van der Waals surface area (Å²) >= 11 is 0. The Morgan fingerprint density at radius 2 is 0.923 bits per heavy atom. The third-order valence-electron chi connectivity index (χ3n) is 12.9. The second-order valence-corrected chi connectivity index (χ2v) is 19.0. The highest BCUT2D eigenvalue weighted by Gasteiger charge is 2.44. The molecule has 0 aromatic heterocycles. The van der Waals surface area contributed by atoms with Crippen LogP contribution in [-0.4, -0.2) is 87.5 Å². The molecule has 0 aromatic rings. The molecule has 7 unspecified atom stereocenters. The van der Waals surface area contributed by atoms with E-state index >= 15 is 0 Å². The van der Waals surface area contributed by atoms with E-state index in [-0.39, 0.29) is 12.5 Å². The molecule has 0 bridgehead atoms. The minimum absolute atomic E-state index is 0.187. The molecule has 380 valence electrons. The van der Waals surface area contributed by atoms with Crippen molar-refractivity contribution < 1.29 is 39.8 Å². The monoisotopic (exact) mass is 918 g/mol. The van der Waals surface area contributed by atoms with Crippen molar-refractivity contribution in [2.45, 2.75) is 288 Å². The van der Waals surface area contributed by atoms with Crippen LogP contribution in [0.3, 0.4) is 0 Å². The summed E-state index contributed by atoms with van der Waals surface area (Å²) in [4.78, 5) is 13.0. The van der Waals surface area contributed by atoms with Crippen molar-refractivity contribution in [3.63, 3.8) is 0 Å². The quantitative estimate of drug-likeness (QED) is 0.0261. The highest BCUT2D eigenvalue weighted by atomic mass is 16.7. The van der Waals surface area contributed by atoms with Gasteiger partial charge in [0, 0.05) is 6.42 Å². The first kappa shape index (κ1) is 61.2. The fraction of sp³-hybridized carbons (Fsp3) is 0.839. The lowest BCUT2D eigenvalue weighted by Gasteiger charge is -2.40. The van der Waals surface area contributed by atoms with Gasteiger partial charge in [-0.1, -0.05) is 223 Å². The second-order valence-electron chi connectivity index (χ2n) is 19.0. The van der Waals surface area contributed by atoms with Crippen molar-refractivity contribution in [1.29, 1.82) is 0 Å². The summed E-state index contributed by atoms with van der Waals surface area (Å²) in [5, 5.41) is 54.4. The Bertz CT molecular complexity index is 1160. The normalized spacial score (nSPS) is 20.3. The van der Waals surface area contributed by atoms with Crippen LogP contribution < -0.4 is 5.32 Å². The van der Waals surface area contributed by atoms with Gasteiger partial charge in [0.1, 0.15) is 24.4 Å². The van der Waals surface area contributed by atoms with E-state index < -0.39 is 49.5 Å². The van der Waals surface area contributed by atoms with E-state index in [4.69, 9.17) is 9.47 Å². The molecule has 0 aliphatic carbocycles. The first-order valence-corrected chi connectivity index (χ1v) is 27.4. The summed E-state index contributed by atoms with van der Waals surface area (Å²) < 4.78 is 11.2. The van der Waals surface area contributed by atoms with Gasteiger partial charge in [-0.15, -0.1) is 0 Å². The van der Waals surface area contributed by atoms with Crippen molar-refractivity contribution in [1.82, 2.24) is 5.32 Å². The minimum Gasteiger partial charge on any atom is -0.394 e. The summed E-state index contributed by atoms with van der Waals surface area (Å²) in [6.07, 6.45) is 53.1. The van der Waals surface area contributed by atoms with Crippen LogP contribution in [0.5, 0.6) is 0 Å². The van der Waals surface area contributed by atoms with Crippen LogP contribution in [0.15, 0.2) is 48.6 Å². The highest BCUT2D eigenvalue weighted by molar-refractivity contribution is 5.76. The van der Waals surface area contributed by atoms with E-state index in [0.717, 1.165) is 44.9 Å². The summed E-state index contributed by atoms with van der Waals surface area (Å²) in [6.45, 7) is 3.76. The number of nitrogens with one attached hydrogen (secondary N) is 1. The van der Waals surface area contributed by atoms with Crippen LogP contribution in [0.1, 0.15) is 245 Å². The van der Waals surface area contributed by atoms with Gasteiger partial charge in [-0.2, -0.15) is 0 Å². The maximum atomic E-state index is 13.0. The Balaban J connectivity index is 2.26. The molecule has 65 heavy (non-hydrogen) atoms. The van der Waals surface area contributed by atoms with Gasteiger partial charge in [-0.25, -0.2) is 0 Å². The average Bonchev–Trinajstić information content (AvgIpc) is 3.31. The van der Waals surface area contributed by atoms with E-state index in [1.54, 1.807) is 6.08 Å². The molecular formula is C56H103NO8. The van der Waals surface area contributed by atoms with E-state index in [1.807, 2.05) is 6.08 Å². The molecule has 9 nitrogen and oxygen atoms in total. The topological polar surface area (TPSA) is 149 Å². The Labute approximate surface area is 399 Å². The van der Waals surface area contributed by atoms with Gasteiger partial charge in [0.05, 0.1) is 25.4 Å². The standard InChI is InChI=1S/C56H103NO8/c1-3-5-7-9-11-13-15-17-19-21-22-23-24-25-26-27-28-30-32-34-36-38-40-42-44-46-52(60)57-49(48-64-56-55(63)54(62)53(61)51(47-58)65-56)50(59)45-43-41-39-37-35-33-31-29-20-18-16-14-12-10-8-6-4-2/h15,17,21-22,35,37,43,45,49-51,53-56,58-59,61-63H,3-14,16,18-20,23-34,36,38-42,44,46-48H2,1-2H3,(H,57,60)/b17-15-,22-21-,37-35+,45-43+. The fourth-order valence-corrected chi connectivity index (χ4v) is 8.50. The third kappa shape index (κ3) is 35.9. The predicted octanol–water partition coefficient (Wildman–Crippen LogP) is 13.0. The number of ether oxygens (including phenoxy) is 2. The van der Waals surface area contributed by atoms with Crippen LogP contribution in [-0.2, 0) is 14.3 Å². The second kappa shape index (κ2) is 45.9. The largest absolute Gasteiger partial charge is 0.394 e. The molecule has 0 radical (unpaired) electrons. The van der Waals surface area contributed by atoms with Crippen LogP contribution in [0, 0.1) is 0 Å². The molecule has 0 aromatic carbocycles. The fourth-order valence-electron chi connectivity index (χ4n) is 8.50. The highest BCUT2D eigenvalue weighted by Crippen LogP contribution is 2.23. The number of carbonyl (C=O) groups excluding carboxylic acids is 1. The van der Waals surface area contributed by atoms with Gasteiger partial charge in [0.2, 0.25) is 5.91 Å². The van der Waals surface area contributed by atoms with Gasteiger partial charge in [0.25, 0.3) is 0 Å². The Hall–Kier alpha value is -1.85. The minimum atomic E-state index is -1.57. The Morgan fingerprint density at radius 1 is 0.523 bits per heavy atom. The van der Waals surface area contributed by atoms with E-state index in [0.29, 0.717) is 6.42 Å². The maximum absolute atomic E-state index is 13.0. The number of hydrogen-bond acceptors (Lipinski definition) is 8. The van der Waals surface area contributed by atoms with Crippen LogP contribution in [0.25, 0.3) is 0 Å². The lowest BCUT2D eigenvalue weighted by Crippen LogP contribution is -2.60. The maximum Gasteiger partial charge on any atom is 0.220 e. The molecule has 1 rings (SSSR count). The molecule has 1 aliphatic heterocycles. The predicted molar refractivity (Wildman–Crippen MR) is 272 cm³/mol. The molecule has 0 spiro atoms. The van der Waals surface area contributed by atoms with E-state index in [9.17, 15) is 30.3 Å². The first-order chi connectivity index (χ1) is 31.8. The van der Waals surface area contributed by atoms with Crippen molar-refractivity contribution in [3.05, 3.63) is 48.6 Å². The molecular weight excluding hydrogens is 815 g/mol. The number of unbranched alkanes of at least 4 members (excludes halogenated alkanes) is 30. The van der Waals surface area contributed by atoms with Crippen molar-refractivity contribution >= 4 is 5.91 Å². The summed E-state index contributed by atoms with van der Waals surface area (Å²) in [6, 6.07) is -0.822. The van der Waals surface area contributed by atoms with E-state index in [1.165, 1.54) is 180 Å². The lowest BCUT2D eigenvalue weighted by atomic mass is 9.99. The van der Waals surface area contributed by atoms with Crippen molar-refractivity contribution in [2.75, 3.05) is 13.2 Å². The number of amides is 1. The zero-order valence-electron chi connectivity index (χ0n) is 42.0. The van der Waals surface area contributed by atoms with Gasteiger partial charge in [0.15, 0.2) is 6.29 Å². The van der Waals surface area contributed by atoms with Gasteiger partial charge in [-0.05, 0) is 64.2 Å². The number of aliphatic hydroxyl groups excluding tert-OH is 5. The summed E-state index contributed by atoms with van der Waals surface area (Å²) in [7, 11) is 0. The summed E-state index contributed by atoms with van der Waals surface area (Å²) in [5.41, 5.74) is 0. The van der Waals surface area contributed by atoms with Gasteiger partial charge >= 0.3 is 0 Å². The van der Waals surface area contributed by atoms with Crippen molar-refractivity contribution in [3.8, 4) is 0 Å². The SMILES string of the molecule is CCCCCCC/C=C\C/C=C\CCCCCCCCCCCCCCCC(=O)NC(COC1OC(CO)C(O)C(O)C1O)C(O)/C=C/CC/C=C/CCCCCCCCCCCCC. The molecule has 1 aliphatic rings. The molecule has 6 N–H and O–H groups in total.